The lowest BCUT2D eigenvalue weighted by Gasteiger charge is -2.26. The van der Waals surface area contributed by atoms with Gasteiger partial charge < -0.3 is 19.4 Å². The van der Waals surface area contributed by atoms with Crippen LogP contribution < -0.4 is 14.8 Å². The lowest BCUT2D eigenvalue weighted by Crippen LogP contribution is -2.31. The molecule has 0 fully saturated rings. The first-order valence-electron chi connectivity index (χ1n) is 9.48. The van der Waals surface area contributed by atoms with Crippen molar-refractivity contribution in [3.63, 3.8) is 0 Å². The first-order chi connectivity index (χ1) is 13.2. The molecule has 1 aliphatic heterocycles. The van der Waals surface area contributed by atoms with Crippen molar-refractivity contribution in [1.82, 2.24) is 9.88 Å². The van der Waals surface area contributed by atoms with E-state index in [2.05, 4.69) is 16.8 Å². The fraction of sp³-hybridized carbons (Fsp3) is 0.318. The summed E-state index contributed by atoms with van der Waals surface area (Å²) >= 11 is 0. The topological polar surface area (TPSA) is 52.5 Å². The molecule has 0 saturated carbocycles. The fourth-order valence-corrected chi connectivity index (χ4v) is 3.54. The Morgan fingerprint density at radius 3 is 2.78 bits per heavy atom. The summed E-state index contributed by atoms with van der Waals surface area (Å²) < 4.78 is 13.6. The van der Waals surface area contributed by atoms with Crippen LogP contribution >= 0.6 is 0 Å². The van der Waals surface area contributed by atoms with Crippen LogP contribution in [-0.2, 0) is 13.1 Å². The summed E-state index contributed by atoms with van der Waals surface area (Å²) in [5.41, 5.74) is 2.73. The molecule has 0 saturated heterocycles. The SMILES string of the molecule is CCOc1ccc(CNC(=O)c2cc3cccc4c3n2CC(CC)O4)cc1. The Morgan fingerprint density at radius 2 is 2.04 bits per heavy atom. The van der Waals surface area contributed by atoms with Gasteiger partial charge in [-0.1, -0.05) is 31.2 Å². The van der Waals surface area contributed by atoms with Crippen LogP contribution in [0.5, 0.6) is 11.5 Å². The Labute approximate surface area is 158 Å². The van der Waals surface area contributed by atoms with Crippen molar-refractivity contribution < 1.29 is 14.3 Å². The number of carbonyl (C=O) groups is 1. The first-order valence-corrected chi connectivity index (χ1v) is 9.48. The van der Waals surface area contributed by atoms with Crippen molar-refractivity contribution in [2.75, 3.05) is 6.61 Å². The Balaban J connectivity index is 1.54. The molecule has 27 heavy (non-hydrogen) atoms. The highest BCUT2D eigenvalue weighted by Crippen LogP contribution is 2.34. The highest BCUT2D eigenvalue weighted by Gasteiger charge is 2.25. The highest BCUT2D eigenvalue weighted by atomic mass is 16.5. The maximum Gasteiger partial charge on any atom is 0.268 e. The Kier molecular flexibility index (Phi) is 4.75. The van der Waals surface area contributed by atoms with Crippen LogP contribution in [0, 0.1) is 0 Å². The third-order valence-corrected chi connectivity index (χ3v) is 4.94. The first kappa shape index (κ1) is 17.5. The predicted octanol–water partition coefficient (Wildman–Crippen LogP) is 4.14. The number of nitrogens with one attached hydrogen (secondary N) is 1. The van der Waals surface area contributed by atoms with Crippen LogP contribution in [0.1, 0.15) is 36.3 Å². The molecule has 2 heterocycles. The van der Waals surface area contributed by atoms with Crippen molar-refractivity contribution in [1.29, 1.82) is 0 Å². The van der Waals surface area contributed by atoms with E-state index in [1.807, 2.05) is 55.5 Å². The molecule has 1 aromatic heterocycles. The zero-order chi connectivity index (χ0) is 18.8. The molecule has 0 spiro atoms. The van der Waals surface area contributed by atoms with Crippen LogP contribution in [-0.4, -0.2) is 23.2 Å². The van der Waals surface area contributed by atoms with Gasteiger partial charge in [-0.25, -0.2) is 0 Å². The van der Waals surface area contributed by atoms with Gasteiger partial charge in [0.2, 0.25) is 0 Å². The second-order valence-electron chi connectivity index (χ2n) is 6.74. The van der Waals surface area contributed by atoms with E-state index in [9.17, 15) is 4.79 Å². The molecule has 140 valence electrons. The standard InChI is InChI=1S/C22H24N2O3/c1-3-17-14-24-19(12-16-6-5-7-20(27-17)21(16)24)22(25)23-13-15-8-10-18(11-9-15)26-4-2/h5-12,17H,3-4,13-14H2,1-2H3,(H,23,25). The maximum atomic E-state index is 12.9. The van der Waals surface area contributed by atoms with Crippen LogP contribution in [0.3, 0.4) is 0 Å². The molecule has 5 nitrogen and oxygen atoms in total. The average Bonchev–Trinajstić information content (AvgIpc) is 3.07. The lowest BCUT2D eigenvalue weighted by atomic mass is 10.2. The molecule has 1 aliphatic rings. The number of hydrogen-bond donors (Lipinski definition) is 1. The molecule has 0 radical (unpaired) electrons. The largest absolute Gasteiger partial charge is 0.494 e. The quantitative estimate of drug-likeness (QED) is 0.715. The highest BCUT2D eigenvalue weighted by molar-refractivity contribution is 6.00. The Morgan fingerprint density at radius 1 is 1.22 bits per heavy atom. The van der Waals surface area contributed by atoms with Gasteiger partial charge in [-0.05, 0) is 43.2 Å². The molecule has 1 N–H and O–H groups in total. The molecule has 3 aromatic rings. The normalized spacial score (nSPS) is 15.4. The van der Waals surface area contributed by atoms with Crippen molar-refractivity contribution in [2.24, 2.45) is 0 Å². The molecule has 2 aromatic carbocycles. The number of carbonyl (C=O) groups excluding carboxylic acids is 1. The number of hydrogen-bond acceptors (Lipinski definition) is 3. The Hall–Kier alpha value is -2.95. The summed E-state index contributed by atoms with van der Waals surface area (Å²) in [6.07, 6.45) is 0.995. The minimum Gasteiger partial charge on any atom is -0.494 e. The number of rotatable bonds is 6. The third-order valence-electron chi connectivity index (χ3n) is 4.94. The van der Waals surface area contributed by atoms with Gasteiger partial charge in [-0.2, -0.15) is 0 Å². The molecular weight excluding hydrogens is 340 g/mol. The van der Waals surface area contributed by atoms with Gasteiger partial charge in [-0.3, -0.25) is 4.79 Å². The number of ether oxygens (including phenoxy) is 2. The molecule has 5 heteroatoms. The second kappa shape index (κ2) is 7.35. The smallest absolute Gasteiger partial charge is 0.268 e. The second-order valence-corrected chi connectivity index (χ2v) is 6.74. The summed E-state index contributed by atoms with van der Waals surface area (Å²) in [4.78, 5) is 12.9. The number of aromatic nitrogens is 1. The number of nitrogens with zero attached hydrogens (tertiary/aromatic N) is 1. The monoisotopic (exact) mass is 364 g/mol. The maximum absolute atomic E-state index is 12.9. The van der Waals surface area contributed by atoms with Crippen molar-refractivity contribution in [2.45, 2.75) is 39.5 Å². The lowest BCUT2D eigenvalue weighted by molar-refractivity contribution is 0.0935. The van der Waals surface area contributed by atoms with E-state index in [0.29, 0.717) is 25.4 Å². The molecule has 1 atom stereocenters. The van der Waals surface area contributed by atoms with Crippen molar-refractivity contribution in [3.8, 4) is 11.5 Å². The minimum absolute atomic E-state index is 0.0669. The molecule has 0 bridgehead atoms. The third kappa shape index (κ3) is 3.37. The van der Waals surface area contributed by atoms with Gasteiger partial charge in [-0.15, -0.1) is 0 Å². The van der Waals surface area contributed by atoms with Crippen molar-refractivity contribution in [3.05, 3.63) is 59.8 Å². The zero-order valence-electron chi connectivity index (χ0n) is 15.7. The number of para-hydroxylation sites is 1. The van der Waals surface area contributed by atoms with E-state index < -0.39 is 0 Å². The van der Waals surface area contributed by atoms with Gasteiger partial charge in [0, 0.05) is 11.9 Å². The predicted molar refractivity (Wildman–Crippen MR) is 105 cm³/mol. The van der Waals surface area contributed by atoms with Gasteiger partial charge in [0.25, 0.3) is 5.91 Å². The molecule has 0 aliphatic carbocycles. The summed E-state index contributed by atoms with van der Waals surface area (Å²) in [6.45, 7) is 5.88. The number of amides is 1. The summed E-state index contributed by atoms with van der Waals surface area (Å²) in [6, 6.07) is 15.7. The van der Waals surface area contributed by atoms with E-state index in [1.54, 1.807) is 0 Å². The zero-order valence-corrected chi connectivity index (χ0v) is 15.7. The molecule has 4 rings (SSSR count). The summed E-state index contributed by atoms with van der Waals surface area (Å²) in [7, 11) is 0. The van der Waals surface area contributed by atoms with Gasteiger partial charge >= 0.3 is 0 Å². The van der Waals surface area contributed by atoms with Gasteiger partial charge in [0.1, 0.15) is 23.3 Å². The van der Waals surface area contributed by atoms with Gasteiger partial charge in [0.05, 0.1) is 18.7 Å². The van der Waals surface area contributed by atoms with Crippen LogP contribution in [0.2, 0.25) is 0 Å². The fourth-order valence-electron chi connectivity index (χ4n) is 3.54. The van der Waals surface area contributed by atoms with Crippen molar-refractivity contribution >= 4 is 16.8 Å². The molecular formula is C22H24N2O3. The van der Waals surface area contributed by atoms with Gasteiger partial charge in [0.15, 0.2) is 0 Å². The van der Waals surface area contributed by atoms with Crippen LogP contribution in [0.4, 0.5) is 0 Å². The van der Waals surface area contributed by atoms with E-state index in [0.717, 1.165) is 34.4 Å². The van der Waals surface area contributed by atoms with E-state index in [4.69, 9.17) is 9.47 Å². The van der Waals surface area contributed by atoms with E-state index in [-0.39, 0.29) is 12.0 Å². The van der Waals surface area contributed by atoms with E-state index >= 15 is 0 Å². The Bertz CT molecular complexity index is 960. The molecule has 1 amide bonds. The summed E-state index contributed by atoms with van der Waals surface area (Å²) in [5, 5.41) is 4.07. The summed E-state index contributed by atoms with van der Waals surface area (Å²) in [5.74, 6) is 1.63. The average molecular weight is 364 g/mol. The number of benzene rings is 2. The van der Waals surface area contributed by atoms with Crippen LogP contribution in [0.25, 0.3) is 10.9 Å². The van der Waals surface area contributed by atoms with E-state index in [1.165, 1.54) is 0 Å². The minimum atomic E-state index is -0.0669. The van der Waals surface area contributed by atoms with Crippen LogP contribution in [0.15, 0.2) is 48.5 Å². The molecule has 1 unspecified atom stereocenters.